The number of carbonyl (C=O) groups excluding carboxylic acids is 1. The first-order valence-electron chi connectivity index (χ1n) is 10.5. The average Bonchev–Trinajstić information content (AvgIpc) is 3.35. The molecule has 0 atom stereocenters. The Labute approximate surface area is 188 Å². The molecule has 10 nitrogen and oxygen atoms in total. The first-order chi connectivity index (χ1) is 15.7. The van der Waals surface area contributed by atoms with Gasteiger partial charge in [-0.15, -0.1) is 5.10 Å². The van der Waals surface area contributed by atoms with Crippen molar-refractivity contribution in [1.82, 2.24) is 34.5 Å². The van der Waals surface area contributed by atoms with Gasteiger partial charge in [-0.3, -0.25) is 4.79 Å². The minimum atomic E-state index is -2.66. The number of carbonyl (C=O) groups is 1. The maximum absolute atomic E-state index is 13.1. The van der Waals surface area contributed by atoms with Gasteiger partial charge in [-0.05, 0) is 44.4 Å². The van der Waals surface area contributed by atoms with Crippen molar-refractivity contribution in [2.24, 2.45) is 0 Å². The number of nitrogen functional groups attached to an aromatic ring is 1. The summed E-state index contributed by atoms with van der Waals surface area (Å²) in [6, 6.07) is 5.12. The number of aromatic nitrogens is 6. The summed E-state index contributed by atoms with van der Waals surface area (Å²) in [6.07, 6.45) is 3.72. The van der Waals surface area contributed by atoms with Gasteiger partial charge in [0.25, 0.3) is 6.43 Å². The minimum Gasteiger partial charge on any atom is -0.371 e. The van der Waals surface area contributed by atoms with Crippen LogP contribution in [0.3, 0.4) is 0 Å². The number of rotatable bonds is 4. The number of nitrogens with one attached hydrogen (secondary N) is 2. The molecule has 174 valence electrons. The molecule has 4 heterocycles. The third kappa shape index (κ3) is 4.41. The van der Waals surface area contributed by atoms with E-state index in [9.17, 15) is 13.6 Å². The van der Waals surface area contributed by atoms with E-state index >= 15 is 0 Å². The summed E-state index contributed by atoms with van der Waals surface area (Å²) in [7, 11) is 1.71. The zero-order valence-electron chi connectivity index (χ0n) is 18.5. The molecule has 4 aromatic rings. The number of anilines is 2. The number of fused-ring (bicyclic) bond motifs is 2. The van der Waals surface area contributed by atoms with Crippen molar-refractivity contribution < 1.29 is 13.6 Å². The molecule has 0 bridgehead atoms. The number of nitrogens with zero attached hydrogens (tertiary/aromatic N) is 6. The lowest BCUT2D eigenvalue weighted by atomic mass is 9.78. The van der Waals surface area contributed by atoms with Gasteiger partial charge in [0.1, 0.15) is 11.2 Å². The highest BCUT2D eigenvalue weighted by Crippen LogP contribution is 2.31. The van der Waals surface area contributed by atoms with Crippen LogP contribution in [0.1, 0.15) is 45.2 Å². The second-order valence-electron chi connectivity index (χ2n) is 8.16. The van der Waals surface area contributed by atoms with Crippen LogP contribution in [0.4, 0.5) is 20.5 Å². The van der Waals surface area contributed by atoms with Crippen LogP contribution in [0.15, 0.2) is 30.6 Å². The van der Waals surface area contributed by atoms with E-state index in [2.05, 4.69) is 37.7 Å². The molecule has 1 saturated carbocycles. The predicted molar refractivity (Wildman–Crippen MR) is 120 cm³/mol. The fourth-order valence-electron chi connectivity index (χ4n) is 3.86. The molecule has 1 amide bonds. The smallest absolute Gasteiger partial charge is 0.282 e. The van der Waals surface area contributed by atoms with Crippen molar-refractivity contribution in [2.45, 2.75) is 45.1 Å². The number of amides is 1. The van der Waals surface area contributed by atoms with Crippen LogP contribution >= 0.6 is 0 Å². The van der Waals surface area contributed by atoms with E-state index in [4.69, 9.17) is 5.73 Å². The molecular formula is C21H25F2N9O. The molecule has 33 heavy (non-hydrogen) atoms. The van der Waals surface area contributed by atoms with Gasteiger partial charge in [0, 0.05) is 31.3 Å². The highest BCUT2D eigenvalue weighted by atomic mass is 19.3. The Morgan fingerprint density at radius 2 is 2.00 bits per heavy atom. The van der Waals surface area contributed by atoms with Gasteiger partial charge >= 0.3 is 0 Å². The van der Waals surface area contributed by atoms with Crippen molar-refractivity contribution in [2.75, 3.05) is 18.1 Å². The van der Waals surface area contributed by atoms with Crippen LogP contribution in [0.25, 0.3) is 22.4 Å². The first-order valence-corrected chi connectivity index (χ1v) is 10.5. The molecule has 0 aliphatic heterocycles. The summed E-state index contributed by atoms with van der Waals surface area (Å²) < 4.78 is 28.8. The Morgan fingerprint density at radius 1 is 1.24 bits per heavy atom. The minimum absolute atomic E-state index is 0.0946. The number of nitrogens with two attached hydrogens (primary N) is 1. The second kappa shape index (κ2) is 8.60. The molecule has 5 rings (SSSR count). The SMILES string of the molecule is CC(=O)NC1(C)CCC1.CNc1nc(N)nn2ccc(-c3ccc4ncc(C(F)F)n4n3)c12. The van der Waals surface area contributed by atoms with Gasteiger partial charge in [0.15, 0.2) is 11.5 Å². The highest BCUT2D eigenvalue weighted by Gasteiger charge is 2.31. The molecule has 4 N–H and O–H groups in total. The summed E-state index contributed by atoms with van der Waals surface area (Å²) in [5, 5.41) is 14.3. The summed E-state index contributed by atoms with van der Waals surface area (Å²) in [5.41, 5.74) is 7.74. The summed E-state index contributed by atoms with van der Waals surface area (Å²) in [4.78, 5) is 18.6. The highest BCUT2D eigenvalue weighted by molar-refractivity contribution is 5.87. The average molecular weight is 457 g/mol. The predicted octanol–water partition coefficient (Wildman–Crippen LogP) is 3.07. The Balaban J connectivity index is 0.000000243. The number of alkyl halides is 2. The topological polar surface area (TPSA) is 128 Å². The maximum atomic E-state index is 13.1. The van der Waals surface area contributed by atoms with E-state index in [1.807, 2.05) is 0 Å². The quantitative estimate of drug-likeness (QED) is 0.430. The normalized spacial score (nSPS) is 14.6. The molecule has 1 aliphatic carbocycles. The molecule has 0 saturated heterocycles. The van der Waals surface area contributed by atoms with Crippen LogP contribution < -0.4 is 16.4 Å². The summed E-state index contributed by atoms with van der Waals surface area (Å²) in [5.74, 6) is 0.730. The van der Waals surface area contributed by atoms with Crippen LogP contribution in [-0.2, 0) is 4.79 Å². The van der Waals surface area contributed by atoms with Crippen molar-refractivity contribution in [3.8, 4) is 11.3 Å². The van der Waals surface area contributed by atoms with E-state index in [0.717, 1.165) is 23.6 Å². The van der Waals surface area contributed by atoms with Gasteiger partial charge < -0.3 is 16.4 Å². The maximum Gasteiger partial charge on any atom is 0.282 e. The van der Waals surface area contributed by atoms with Crippen LogP contribution in [0.2, 0.25) is 0 Å². The van der Waals surface area contributed by atoms with Crippen LogP contribution in [0, 0.1) is 0 Å². The first kappa shape index (κ1) is 22.4. The van der Waals surface area contributed by atoms with Gasteiger partial charge in [-0.2, -0.15) is 10.1 Å². The molecule has 1 fully saturated rings. The van der Waals surface area contributed by atoms with Gasteiger partial charge in [-0.1, -0.05) is 0 Å². The molecule has 0 aromatic carbocycles. The number of hydrogen-bond donors (Lipinski definition) is 3. The lowest BCUT2D eigenvalue weighted by Crippen LogP contribution is -2.50. The summed E-state index contributed by atoms with van der Waals surface area (Å²) >= 11 is 0. The van der Waals surface area contributed by atoms with Crippen molar-refractivity contribution in [3.05, 3.63) is 36.3 Å². The van der Waals surface area contributed by atoms with Crippen LogP contribution in [0.5, 0.6) is 0 Å². The molecule has 1 aliphatic rings. The van der Waals surface area contributed by atoms with Crippen molar-refractivity contribution in [3.63, 3.8) is 0 Å². The van der Waals surface area contributed by atoms with Gasteiger partial charge in [0.05, 0.1) is 11.9 Å². The third-order valence-corrected chi connectivity index (χ3v) is 5.59. The van der Waals surface area contributed by atoms with E-state index in [1.54, 1.807) is 42.9 Å². The van der Waals surface area contributed by atoms with Gasteiger partial charge in [0.2, 0.25) is 11.9 Å². The largest absolute Gasteiger partial charge is 0.371 e. The number of halogens is 2. The zero-order valence-corrected chi connectivity index (χ0v) is 18.5. The monoisotopic (exact) mass is 457 g/mol. The Morgan fingerprint density at radius 3 is 2.58 bits per heavy atom. The van der Waals surface area contributed by atoms with E-state index in [1.165, 1.54) is 6.42 Å². The van der Waals surface area contributed by atoms with E-state index in [-0.39, 0.29) is 23.1 Å². The van der Waals surface area contributed by atoms with E-state index < -0.39 is 6.43 Å². The molecule has 12 heteroatoms. The summed E-state index contributed by atoms with van der Waals surface area (Å²) in [6.45, 7) is 3.67. The standard InChI is InChI=1S/C14H12F2N8.C7H13NO/c1-18-13-11-7(4-5-23(11)22-14(17)20-13)8-2-3-10-19-6-9(12(15)16)24(10)21-8;1-6(9)8-7(2)4-3-5-7/h2-6,12H,1H3,(H3,17,18,20,22);3-5H2,1-2H3,(H,8,9). The van der Waals surface area contributed by atoms with Crippen molar-refractivity contribution >= 4 is 28.8 Å². The molecule has 4 aromatic heterocycles. The second-order valence-corrected chi connectivity index (χ2v) is 8.16. The van der Waals surface area contributed by atoms with Gasteiger partial charge in [-0.25, -0.2) is 22.8 Å². The fraction of sp³-hybridized carbons (Fsp3) is 0.381. The fourth-order valence-corrected chi connectivity index (χ4v) is 3.86. The van der Waals surface area contributed by atoms with E-state index in [0.29, 0.717) is 28.2 Å². The Bertz CT molecular complexity index is 1310. The lowest BCUT2D eigenvalue weighted by Gasteiger charge is -2.38. The van der Waals surface area contributed by atoms with Crippen LogP contribution in [-0.4, -0.2) is 47.7 Å². The molecular weight excluding hydrogens is 432 g/mol. The number of hydrogen-bond acceptors (Lipinski definition) is 7. The third-order valence-electron chi connectivity index (χ3n) is 5.59. The number of imidazole rings is 1. The van der Waals surface area contributed by atoms with Crippen molar-refractivity contribution in [1.29, 1.82) is 0 Å². The Hall–Kier alpha value is -3.83. The molecule has 0 unspecified atom stereocenters. The molecule has 0 radical (unpaired) electrons. The lowest BCUT2D eigenvalue weighted by molar-refractivity contribution is -0.121. The molecule has 0 spiro atoms. The Kier molecular flexibility index (Phi) is 5.83. The zero-order chi connectivity index (χ0) is 23.8.